The van der Waals surface area contributed by atoms with Gasteiger partial charge in [0.25, 0.3) is 0 Å². The summed E-state index contributed by atoms with van der Waals surface area (Å²) in [6.07, 6.45) is -0.586. The Morgan fingerprint density at radius 3 is 2.56 bits per heavy atom. The number of methoxy groups -OCH3 is 1. The van der Waals surface area contributed by atoms with Crippen molar-refractivity contribution in [2.75, 3.05) is 7.11 Å². The van der Waals surface area contributed by atoms with Gasteiger partial charge < -0.3 is 19.6 Å². The third-order valence-corrected chi connectivity index (χ3v) is 2.08. The average molecular weight is 251 g/mol. The first kappa shape index (κ1) is 13.7. The molecule has 0 aromatic heterocycles. The molecule has 1 N–H and O–H groups in total. The van der Waals surface area contributed by atoms with Gasteiger partial charge in [0.15, 0.2) is 12.3 Å². The second kappa shape index (κ2) is 7.05. The Morgan fingerprint density at radius 2 is 2.00 bits per heavy atom. The minimum absolute atomic E-state index is 0.0550. The van der Waals surface area contributed by atoms with Crippen LogP contribution in [0.3, 0.4) is 0 Å². The van der Waals surface area contributed by atoms with Crippen LogP contribution in [0, 0.1) is 0 Å². The molecule has 0 aliphatic carbocycles. The molecule has 6 nitrogen and oxygen atoms in total. The summed E-state index contributed by atoms with van der Waals surface area (Å²) < 4.78 is 9.16. The number of ether oxygens (including phenoxy) is 2. The maximum atomic E-state index is 11.3. The van der Waals surface area contributed by atoms with Gasteiger partial charge in [0.1, 0.15) is 6.61 Å². The second-order valence-corrected chi connectivity index (χ2v) is 3.34. The molecule has 0 saturated carbocycles. The minimum Gasteiger partial charge on any atom is -0.467 e. The molecule has 0 radical (unpaired) electrons. The lowest BCUT2D eigenvalue weighted by molar-refractivity contribution is -0.144. The van der Waals surface area contributed by atoms with Crippen molar-refractivity contribution in [2.45, 2.75) is 12.6 Å². The van der Waals surface area contributed by atoms with Gasteiger partial charge in [-0.15, -0.1) is 0 Å². The van der Waals surface area contributed by atoms with Crippen molar-refractivity contribution in [2.24, 2.45) is 0 Å². The van der Waals surface area contributed by atoms with E-state index in [1.54, 1.807) is 24.3 Å². The highest BCUT2D eigenvalue weighted by Crippen LogP contribution is 2.00. The number of esters is 1. The molecule has 0 heterocycles. The summed E-state index contributed by atoms with van der Waals surface area (Å²) in [7, 11) is 1.12. The van der Waals surface area contributed by atoms with E-state index in [-0.39, 0.29) is 12.9 Å². The summed E-state index contributed by atoms with van der Waals surface area (Å²) in [5, 5.41) is 2.08. The number of benzene rings is 1. The van der Waals surface area contributed by atoms with Gasteiger partial charge >= 0.3 is 12.1 Å². The van der Waals surface area contributed by atoms with Crippen LogP contribution >= 0.6 is 0 Å². The molecule has 1 unspecified atom stereocenters. The van der Waals surface area contributed by atoms with Gasteiger partial charge in [-0.1, -0.05) is 30.3 Å². The molecule has 6 heteroatoms. The number of hydrogen-bond donors (Lipinski definition) is 1. The molecule has 0 aliphatic rings. The number of amides is 1. The predicted molar refractivity (Wildman–Crippen MR) is 61.6 cm³/mol. The van der Waals surface area contributed by atoms with Crippen LogP contribution in [0.15, 0.2) is 30.3 Å². The van der Waals surface area contributed by atoms with E-state index in [2.05, 4.69) is 10.1 Å². The van der Waals surface area contributed by atoms with E-state index >= 15 is 0 Å². The van der Waals surface area contributed by atoms with E-state index in [1.807, 2.05) is 6.07 Å². The largest absolute Gasteiger partial charge is 0.467 e. The Labute approximate surface area is 104 Å². The van der Waals surface area contributed by atoms with Gasteiger partial charge in [-0.2, -0.15) is 0 Å². The van der Waals surface area contributed by atoms with Crippen LogP contribution in [0.4, 0.5) is 4.79 Å². The van der Waals surface area contributed by atoms with Gasteiger partial charge in [0.2, 0.25) is 0 Å². The molecule has 0 aliphatic heterocycles. The molecule has 0 bridgehead atoms. The highest BCUT2D eigenvalue weighted by Gasteiger charge is 2.21. The van der Waals surface area contributed by atoms with Crippen LogP contribution in [0.2, 0.25) is 0 Å². The molecule has 0 saturated heterocycles. The summed E-state index contributed by atoms with van der Waals surface area (Å²) in [5.41, 5.74) is 0.799. The van der Waals surface area contributed by atoms with Crippen molar-refractivity contribution in [3.05, 3.63) is 35.9 Å². The van der Waals surface area contributed by atoms with Crippen LogP contribution in [-0.4, -0.2) is 31.5 Å². The lowest BCUT2D eigenvalue weighted by Crippen LogP contribution is -2.42. The van der Waals surface area contributed by atoms with Crippen LogP contribution in [0.1, 0.15) is 5.56 Å². The molecule has 0 fully saturated rings. The topological polar surface area (TPSA) is 81.7 Å². The lowest BCUT2D eigenvalue weighted by atomic mass is 10.2. The van der Waals surface area contributed by atoms with E-state index in [0.717, 1.165) is 12.7 Å². The third-order valence-electron chi connectivity index (χ3n) is 2.08. The van der Waals surface area contributed by atoms with E-state index in [9.17, 15) is 14.4 Å². The Kier molecular flexibility index (Phi) is 5.37. The van der Waals surface area contributed by atoms with Crippen molar-refractivity contribution in [3.63, 3.8) is 0 Å². The number of hydrogen-bond acceptors (Lipinski definition) is 5. The van der Waals surface area contributed by atoms with E-state index in [0.29, 0.717) is 0 Å². The molecule has 18 heavy (non-hydrogen) atoms. The van der Waals surface area contributed by atoms with Crippen molar-refractivity contribution in [3.8, 4) is 0 Å². The number of carbonyl (C=O) groups excluding carboxylic acids is 3. The maximum Gasteiger partial charge on any atom is 0.408 e. The monoisotopic (exact) mass is 251 g/mol. The molecular weight excluding hydrogens is 238 g/mol. The molecule has 96 valence electrons. The van der Waals surface area contributed by atoms with Gasteiger partial charge in [-0.05, 0) is 5.56 Å². The van der Waals surface area contributed by atoms with Gasteiger partial charge in [0, 0.05) is 0 Å². The Bertz CT molecular complexity index is 418. The zero-order chi connectivity index (χ0) is 13.4. The Hall–Kier alpha value is -2.37. The number of nitrogens with one attached hydrogen (secondary N) is 1. The first-order valence-electron chi connectivity index (χ1n) is 5.17. The molecule has 1 rings (SSSR count). The highest BCUT2D eigenvalue weighted by atomic mass is 16.6. The smallest absolute Gasteiger partial charge is 0.408 e. The van der Waals surface area contributed by atoms with E-state index in [4.69, 9.17) is 4.74 Å². The van der Waals surface area contributed by atoms with Crippen molar-refractivity contribution in [1.82, 2.24) is 5.32 Å². The first-order valence-corrected chi connectivity index (χ1v) is 5.17. The molecule has 1 aromatic carbocycles. The SMILES string of the molecule is COC(=O)C(C=O)NC(=O)OCc1ccccc1. The highest BCUT2D eigenvalue weighted by molar-refractivity contribution is 5.95. The molecule has 0 spiro atoms. The van der Waals surface area contributed by atoms with Gasteiger partial charge in [0.05, 0.1) is 7.11 Å². The van der Waals surface area contributed by atoms with E-state index in [1.165, 1.54) is 0 Å². The number of alkyl carbamates (subject to hydrolysis) is 1. The summed E-state index contributed by atoms with van der Waals surface area (Å²) in [6, 6.07) is 7.66. The average Bonchev–Trinajstić information content (AvgIpc) is 2.42. The second-order valence-electron chi connectivity index (χ2n) is 3.34. The fourth-order valence-corrected chi connectivity index (χ4v) is 1.17. The van der Waals surface area contributed by atoms with Gasteiger partial charge in [-0.25, -0.2) is 9.59 Å². The number of aldehydes is 1. The van der Waals surface area contributed by atoms with Gasteiger partial charge in [-0.3, -0.25) is 0 Å². The zero-order valence-corrected chi connectivity index (χ0v) is 9.79. The molecule has 1 amide bonds. The fourth-order valence-electron chi connectivity index (χ4n) is 1.17. The molecular formula is C12H13NO5. The Morgan fingerprint density at radius 1 is 1.33 bits per heavy atom. The quantitative estimate of drug-likeness (QED) is 0.472. The van der Waals surface area contributed by atoms with Crippen molar-refractivity contribution >= 4 is 18.3 Å². The van der Waals surface area contributed by atoms with Crippen LogP contribution < -0.4 is 5.32 Å². The normalized spacial score (nSPS) is 11.2. The van der Waals surface area contributed by atoms with Crippen molar-refractivity contribution in [1.29, 1.82) is 0 Å². The summed E-state index contributed by atoms with van der Waals surface area (Å²) in [4.78, 5) is 32.9. The number of carbonyl (C=O) groups is 3. The Balaban J connectivity index is 2.42. The maximum absolute atomic E-state index is 11.3. The number of rotatable bonds is 5. The zero-order valence-electron chi connectivity index (χ0n) is 9.79. The minimum atomic E-state index is -1.35. The lowest BCUT2D eigenvalue weighted by Gasteiger charge is -2.10. The summed E-state index contributed by atoms with van der Waals surface area (Å²) in [6.45, 7) is 0.0550. The predicted octanol–water partition coefficient (Wildman–Crippen LogP) is 0.653. The summed E-state index contributed by atoms with van der Waals surface area (Å²) in [5.74, 6) is -0.846. The molecule has 1 atom stereocenters. The molecule has 1 aromatic rings. The van der Waals surface area contributed by atoms with Crippen LogP contribution in [0.5, 0.6) is 0 Å². The third kappa shape index (κ3) is 4.25. The first-order chi connectivity index (χ1) is 8.67. The van der Waals surface area contributed by atoms with Crippen molar-refractivity contribution < 1.29 is 23.9 Å². The van der Waals surface area contributed by atoms with Crippen LogP contribution in [0.25, 0.3) is 0 Å². The van der Waals surface area contributed by atoms with E-state index < -0.39 is 18.1 Å². The standard InChI is InChI=1S/C12H13NO5/c1-17-11(15)10(7-14)13-12(16)18-8-9-5-3-2-4-6-9/h2-7,10H,8H2,1H3,(H,13,16). The fraction of sp³-hybridized carbons (Fsp3) is 0.250. The summed E-state index contributed by atoms with van der Waals surface area (Å²) >= 11 is 0. The van der Waals surface area contributed by atoms with Crippen LogP contribution in [-0.2, 0) is 25.7 Å².